The van der Waals surface area contributed by atoms with Crippen LogP contribution in [-0.2, 0) is 6.54 Å². The zero-order valence-corrected chi connectivity index (χ0v) is 19.4. The molecule has 4 rings (SSSR count). The summed E-state index contributed by atoms with van der Waals surface area (Å²) in [6, 6.07) is 8.20. The minimum atomic E-state index is 0.631. The molecule has 2 aromatic carbocycles. The molecule has 0 saturated heterocycles. The molecule has 9 heteroatoms. The lowest BCUT2D eigenvalue weighted by Gasteiger charge is -2.10. The molecule has 0 unspecified atom stereocenters. The highest BCUT2D eigenvalue weighted by molar-refractivity contribution is 9.15. The highest BCUT2D eigenvalue weighted by Gasteiger charge is 2.17. The number of fused-ring (bicyclic) bond motifs is 1. The lowest BCUT2D eigenvalue weighted by atomic mass is 10.2. The molecule has 132 valence electrons. The number of aromatic amines is 1. The number of hydrogen-bond donors (Lipinski definition) is 2. The number of anilines is 1. The molecule has 0 aliphatic heterocycles. The van der Waals surface area contributed by atoms with Crippen molar-refractivity contribution in [2.45, 2.75) is 6.54 Å². The molecule has 0 radical (unpaired) electrons. The van der Waals surface area contributed by atoms with Gasteiger partial charge in [-0.2, -0.15) is 0 Å². The summed E-state index contributed by atoms with van der Waals surface area (Å²) >= 11 is 14.3. The average Bonchev–Trinajstić information content (AvgIpc) is 3.33. The molecule has 0 spiro atoms. The zero-order valence-electron chi connectivity index (χ0n) is 13.1. The summed E-state index contributed by atoms with van der Waals surface area (Å²) in [4.78, 5) is 12.1. The van der Waals surface area contributed by atoms with Gasteiger partial charge in [0.25, 0.3) is 0 Å². The van der Waals surface area contributed by atoms with Crippen LogP contribution in [0.25, 0.3) is 16.7 Å². The van der Waals surface area contributed by atoms with Crippen molar-refractivity contribution in [2.24, 2.45) is 0 Å². The SMILES string of the molecule is Brc1c(Br)c(Br)c2[nH]c(NCc3ccccc3-n3ccnc3)nc2c1Br. The Morgan fingerprint density at radius 2 is 1.77 bits per heavy atom. The van der Waals surface area contributed by atoms with Crippen LogP contribution in [0.4, 0.5) is 5.95 Å². The van der Waals surface area contributed by atoms with E-state index in [1.54, 1.807) is 12.5 Å². The Kier molecular flexibility index (Phi) is 5.22. The topological polar surface area (TPSA) is 58.5 Å². The van der Waals surface area contributed by atoms with Gasteiger partial charge in [-0.3, -0.25) is 0 Å². The van der Waals surface area contributed by atoms with E-state index in [-0.39, 0.29) is 0 Å². The quantitative estimate of drug-likeness (QED) is 0.209. The predicted octanol–water partition coefficient (Wildman–Crippen LogP) is 6.41. The van der Waals surface area contributed by atoms with Crippen LogP contribution in [-0.4, -0.2) is 19.5 Å². The van der Waals surface area contributed by atoms with Gasteiger partial charge in [0.05, 0.1) is 26.5 Å². The molecule has 5 nitrogen and oxygen atoms in total. The highest BCUT2D eigenvalue weighted by Crippen LogP contribution is 2.42. The van der Waals surface area contributed by atoms with Crippen molar-refractivity contribution in [1.29, 1.82) is 0 Å². The second-order valence-electron chi connectivity index (χ2n) is 5.52. The van der Waals surface area contributed by atoms with Crippen molar-refractivity contribution in [1.82, 2.24) is 19.5 Å². The van der Waals surface area contributed by atoms with Crippen LogP contribution >= 0.6 is 63.7 Å². The summed E-state index contributed by atoms with van der Waals surface area (Å²) in [5.41, 5.74) is 3.99. The van der Waals surface area contributed by atoms with Crippen LogP contribution in [0.3, 0.4) is 0 Å². The molecular formula is C17H11Br4N5. The van der Waals surface area contributed by atoms with Crippen LogP contribution < -0.4 is 5.32 Å². The fourth-order valence-electron chi connectivity index (χ4n) is 2.67. The van der Waals surface area contributed by atoms with Crippen LogP contribution in [0.15, 0.2) is 60.9 Å². The number of rotatable bonds is 4. The fraction of sp³-hybridized carbons (Fsp3) is 0.0588. The number of halogens is 4. The second kappa shape index (κ2) is 7.46. The van der Waals surface area contributed by atoms with E-state index >= 15 is 0 Å². The number of nitrogens with one attached hydrogen (secondary N) is 2. The maximum absolute atomic E-state index is 4.67. The van der Waals surface area contributed by atoms with Gasteiger partial charge in [-0.25, -0.2) is 9.97 Å². The minimum absolute atomic E-state index is 0.631. The van der Waals surface area contributed by atoms with Crippen LogP contribution in [0.5, 0.6) is 0 Å². The minimum Gasteiger partial charge on any atom is -0.352 e. The number of imidazole rings is 2. The number of hydrogen-bond acceptors (Lipinski definition) is 3. The molecule has 0 aliphatic carbocycles. The van der Waals surface area contributed by atoms with Gasteiger partial charge >= 0.3 is 0 Å². The Labute approximate surface area is 183 Å². The monoisotopic (exact) mass is 601 g/mol. The molecular weight excluding hydrogens is 594 g/mol. The molecule has 4 aromatic rings. The first-order valence-electron chi connectivity index (χ1n) is 7.58. The van der Waals surface area contributed by atoms with Crippen LogP contribution in [0, 0.1) is 0 Å². The molecule has 26 heavy (non-hydrogen) atoms. The maximum atomic E-state index is 4.67. The van der Waals surface area contributed by atoms with Crippen molar-refractivity contribution < 1.29 is 0 Å². The summed E-state index contributed by atoms with van der Waals surface area (Å²) in [6.07, 6.45) is 5.50. The van der Waals surface area contributed by atoms with Crippen LogP contribution in [0.1, 0.15) is 5.56 Å². The van der Waals surface area contributed by atoms with Gasteiger partial charge < -0.3 is 14.9 Å². The van der Waals surface area contributed by atoms with Gasteiger partial charge in [-0.15, -0.1) is 0 Å². The van der Waals surface area contributed by atoms with Crippen molar-refractivity contribution in [3.05, 3.63) is 66.4 Å². The number of nitrogens with zero attached hydrogens (tertiary/aromatic N) is 3. The van der Waals surface area contributed by atoms with E-state index in [0.717, 1.165) is 40.2 Å². The smallest absolute Gasteiger partial charge is 0.201 e. The third-order valence-corrected chi connectivity index (χ3v) is 8.68. The van der Waals surface area contributed by atoms with E-state index in [0.29, 0.717) is 12.5 Å². The lowest BCUT2D eigenvalue weighted by Crippen LogP contribution is -2.05. The molecule has 2 heterocycles. The molecule has 0 fully saturated rings. The maximum Gasteiger partial charge on any atom is 0.201 e. The molecule has 0 amide bonds. The summed E-state index contributed by atoms with van der Waals surface area (Å²) in [7, 11) is 0. The van der Waals surface area contributed by atoms with Crippen molar-refractivity contribution in [3.63, 3.8) is 0 Å². The van der Waals surface area contributed by atoms with Crippen molar-refractivity contribution >= 4 is 80.7 Å². The van der Waals surface area contributed by atoms with E-state index in [2.05, 4.69) is 96.1 Å². The predicted molar refractivity (Wildman–Crippen MR) is 118 cm³/mol. The van der Waals surface area contributed by atoms with Crippen molar-refractivity contribution in [2.75, 3.05) is 5.32 Å². The lowest BCUT2D eigenvalue weighted by molar-refractivity contribution is 0.999. The van der Waals surface area contributed by atoms with E-state index in [4.69, 9.17) is 0 Å². The normalized spacial score (nSPS) is 11.2. The zero-order chi connectivity index (χ0) is 18.3. The largest absolute Gasteiger partial charge is 0.352 e. The van der Waals surface area contributed by atoms with Gasteiger partial charge in [0.1, 0.15) is 5.52 Å². The van der Waals surface area contributed by atoms with Gasteiger partial charge in [0.2, 0.25) is 5.95 Å². The summed E-state index contributed by atoms with van der Waals surface area (Å²) in [5.74, 6) is 0.701. The third kappa shape index (κ3) is 3.26. The van der Waals surface area contributed by atoms with E-state index in [9.17, 15) is 0 Å². The van der Waals surface area contributed by atoms with Crippen molar-refractivity contribution in [3.8, 4) is 5.69 Å². The van der Waals surface area contributed by atoms with E-state index < -0.39 is 0 Å². The highest BCUT2D eigenvalue weighted by atomic mass is 79.9. The first-order chi connectivity index (χ1) is 12.6. The summed E-state index contributed by atoms with van der Waals surface area (Å²) in [5, 5.41) is 3.37. The first kappa shape index (κ1) is 18.2. The first-order valence-corrected chi connectivity index (χ1v) is 10.7. The van der Waals surface area contributed by atoms with E-state index in [1.807, 2.05) is 22.9 Å². The standard InChI is InChI=1S/C17H11Br4N5/c18-11-12(19)14(21)16-15(13(11)20)24-17(25-16)23-7-9-3-1-2-4-10(9)26-6-5-22-8-26/h1-6,8H,7H2,(H2,23,24,25). The Bertz CT molecular complexity index is 1040. The number of benzene rings is 2. The molecule has 2 aromatic heterocycles. The Balaban J connectivity index is 1.66. The number of para-hydroxylation sites is 1. The fourth-order valence-corrected chi connectivity index (χ4v) is 4.96. The molecule has 0 bridgehead atoms. The molecule has 0 aliphatic rings. The Morgan fingerprint density at radius 3 is 2.54 bits per heavy atom. The Hall–Kier alpha value is -1.16. The van der Waals surface area contributed by atoms with E-state index in [1.165, 1.54) is 0 Å². The molecule has 0 atom stereocenters. The molecule has 2 N–H and O–H groups in total. The van der Waals surface area contributed by atoms with Gasteiger partial charge in [-0.05, 0) is 75.3 Å². The molecule has 0 saturated carbocycles. The summed E-state index contributed by atoms with van der Waals surface area (Å²) < 4.78 is 5.65. The Morgan fingerprint density at radius 1 is 1.00 bits per heavy atom. The van der Waals surface area contributed by atoms with Gasteiger partial charge in [0.15, 0.2) is 0 Å². The summed E-state index contributed by atoms with van der Waals surface area (Å²) in [6.45, 7) is 0.631. The van der Waals surface area contributed by atoms with Gasteiger partial charge in [-0.1, -0.05) is 18.2 Å². The number of H-pyrrole nitrogens is 1. The number of aromatic nitrogens is 4. The third-order valence-electron chi connectivity index (χ3n) is 3.93. The van der Waals surface area contributed by atoms with Crippen LogP contribution in [0.2, 0.25) is 0 Å². The second-order valence-corrected chi connectivity index (χ2v) is 8.69. The van der Waals surface area contributed by atoms with Gasteiger partial charge in [0, 0.05) is 27.9 Å². The average molecular weight is 605 g/mol.